The molecule has 0 saturated carbocycles. The lowest BCUT2D eigenvalue weighted by atomic mass is 9.81. The van der Waals surface area contributed by atoms with E-state index in [-0.39, 0.29) is 45.5 Å². The number of rotatable bonds is 5. The molecule has 0 aliphatic rings. The Kier molecular flexibility index (Phi) is 9.73. The third-order valence-corrected chi connectivity index (χ3v) is 8.52. The first kappa shape index (κ1) is 37.9. The van der Waals surface area contributed by atoms with Crippen molar-refractivity contribution in [3.63, 3.8) is 0 Å². The predicted molar refractivity (Wildman–Crippen MR) is 181 cm³/mol. The molecule has 54 heavy (non-hydrogen) atoms. The molecule has 12 heteroatoms. The Morgan fingerprint density at radius 1 is 0.537 bits per heavy atom. The van der Waals surface area contributed by atoms with Crippen LogP contribution in [0, 0.1) is 71.1 Å². The van der Waals surface area contributed by atoms with E-state index in [2.05, 4.69) is 16.6 Å². The molecule has 0 spiro atoms. The van der Waals surface area contributed by atoms with Crippen LogP contribution >= 0.6 is 0 Å². The molecule has 0 N–H and O–H groups in total. The molecule has 6 aromatic carbocycles. The van der Waals surface area contributed by atoms with Crippen LogP contribution in [-0.4, -0.2) is 0 Å². The Morgan fingerprint density at radius 2 is 1.15 bits per heavy atom. The number of alkyl halides is 2. The van der Waals surface area contributed by atoms with Crippen molar-refractivity contribution in [2.45, 2.75) is 39.2 Å². The minimum absolute atomic E-state index is 0.0168. The van der Waals surface area contributed by atoms with Gasteiger partial charge in [0.1, 0.15) is 46.2 Å². The third kappa shape index (κ3) is 7.23. The van der Waals surface area contributed by atoms with Crippen LogP contribution in [0.2, 0.25) is 0 Å². The second-order valence-corrected chi connectivity index (χ2v) is 13.5. The lowest BCUT2D eigenvalue weighted by Crippen LogP contribution is -2.25. The van der Waals surface area contributed by atoms with E-state index in [1.54, 1.807) is 33.8 Å². The van der Waals surface area contributed by atoms with Crippen molar-refractivity contribution in [1.82, 2.24) is 0 Å². The van der Waals surface area contributed by atoms with Gasteiger partial charge in [-0.25, -0.2) is 39.5 Å². The Morgan fingerprint density at radius 3 is 1.78 bits per heavy atom. The summed E-state index contributed by atoms with van der Waals surface area (Å²) in [6, 6.07) is 13.1. The van der Waals surface area contributed by atoms with Crippen molar-refractivity contribution >= 4 is 10.8 Å². The summed E-state index contributed by atoms with van der Waals surface area (Å²) in [5.74, 6) is -9.70. The first-order valence-corrected chi connectivity index (χ1v) is 16.0. The maximum Gasteiger partial charge on any atom is 0.432 e. The molecule has 0 amide bonds. The predicted octanol–water partition coefficient (Wildman–Crippen LogP) is 12.6. The molecule has 0 saturated heterocycles. The van der Waals surface area contributed by atoms with E-state index in [1.165, 1.54) is 30.3 Å². The van der Waals surface area contributed by atoms with Crippen LogP contribution in [0.3, 0.4) is 0 Å². The van der Waals surface area contributed by atoms with Crippen molar-refractivity contribution in [2.24, 2.45) is 0 Å². The van der Waals surface area contributed by atoms with Crippen LogP contribution in [0.25, 0.3) is 33.0 Å². The van der Waals surface area contributed by atoms with E-state index in [0.29, 0.717) is 23.3 Å². The smallest absolute Gasteiger partial charge is 0.429 e. The van der Waals surface area contributed by atoms with Crippen molar-refractivity contribution in [3.8, 4) is 39.8 Å². The Bertz CT molecular complexity index is 2540. The van der Waals surface area contributed by atoms with Gasteiger partial charge in [-0.15, -0.1) is 0 Å². The van der Waals surface area contributed by atoms with E-state index >= 15 is 22.0 Å². The SMILES string of the molecule is Cc1ccc(-c2ccc(-c3cc(F)c(C#Cc4cc(F)c5c(F)c(C(F)(F)Oc6cc(F)c(F)c(F)c6)c(F)cc5c4)c(C(C)(C)C)c3)c(F)c2)c(F)c1. The van der Waals surface area contributed by atoms with Gasteiger partial charge >= 0.3 is 6.11 Å². The number of benzene rings is 6. The number of hydrogen-bond donors (Lipinski definition) is 0. The van der Waals surface area contributed by atoms with Crippen LogP contribution in [0.1, 0.15) is 48.6 Å². The van der Waals surface area contributed by atoms with Gasteiger partial charge in [-0.1, -0.05) is 56.9 Å². The Balaban J connectivity index is 1.37. The van der Waals surface area contributed by atoms with E-state index in [1.807, 2.05) is 0 Å². The van der Waals surface area contributed by atoms with Gasteiger partial charge < -0.3 is 4.74 Å². The average Bonchev–Trinajstić information content (AvgIpc) is 3.05. The van der Waals surface area contributed by atoms with E-state index in [4.69, 9.17) is 0 Å². The van der Waals surface area contributed by atoms with Crippen LogP contribution in [-0.2, 0) is 11.5 Å². The third-order valence-electron chi connectivity index (χ3n) is 8.52. The minimum Gasteiger partial charge on any atom is -0.429 e. The molecule has 0 aliphatic heterocycles. The number of hydrogen-bond acceptors (Lipinski definition) is 1. The second-order valence-electron chi connectivity index (χ2n) is 13.5. The second kappa shape index (κ2) is 13.9. The fraction of sp³-hybridized carbons (Fsp3) is 0.143. The zero-order valence-electron chi connectivity index (χ0n) is 28.6. The van der Waals surface area contributed by atoms with E-state index in [9.17, 15) is 26.3 Å². The topological polar surface area (TPSA) is 9.23 Å². The standard InChI is InChI=1S/C42H25F11O/c1-20-5-8-26(30(43)11-20)22-7-10-27(31(44)15-22)23-14-29(41(2,3)4)28(32(45)16-23)9-6-21-12-24-17-34(47)38(40(51)37(24)33(46)13-21)42(52,53)54-25-18-35(48)39(50)36(49)19-25/h5,7-8,10-19H,1-4H3. The molecule has 6 rings (SSSR count). The Labute approximate surface area is 301 Å². The number of halogens is 11. The maximum absolute atomic E-state index is 15.8. The van der Waals surface area contributed by atoms with Crippen LogP contribution in [0.5, 0.6) is 5.75 Å². The van der Waals surface area contributed by atoms with Gasteiger partial charge in [0.2, 0.25) is 0 Å². The molecule has 0 heterocycles. The average molecular weight is 755 g/mol. The largest absolute Gasteiger partial charge is 0.432 e. The summed E-state index contributed by atoms with van der Waals surface area (Å²) in [6.45, 7) is 6.91. The highest BCUT2D eigenvalue weighted by Gasteiger charge is 2.42. The molecule has 6 aromatic rings. The quantitative estimate of drug-likeness (QED) is 0.0968. The molecule has 1 nitrogen and oxygen atoms in total. The summed E-state index contributed by atoms with van der Waals surface area (Å²) in [4.78, 5) is 0. The van der Waals surface area contributed by atoms with Crippen molar-refractivity contribution < 1.29 is 53.0 Å². The lowest BCUT2D eigenvalue weighted by Gasteiger charge is -2.23. The fourth-order valence-electron chi connectivity index (χ4n) is 5.93. The maximum atomic E-state index is 15.8. The van der Waals surface area contributed by atoms with Gasteiger partial charge in [0.05, 0.1) is 10.9 Å². The van der Waals surface area contributed by atoms with Crippen molar-refractivity contribution in [2.75, 3.05) is 0 Å². The minimum atomic E-state index is -4.96. The van der Waals surface area contributed by atoms with Crippen LogP contribution in [0.4, 0.5) is 48.3 Å². The number of aryl methyl sites for hydroxylation is 1. The Hall–Kier alpha value is -5.83. The van der Waals surface area contributed by atoms with Crippen molar-refractivity contribution in [1.29, 1.82) is 0 Å². The fourth-order valence-corrected chi connectivity index (χ4v) is 5.93. The molecule has 0 aliphatic carbocycles. The molecular weight excluding hydrogens is 729 g/mol. The lowest BCUT2D eigenvalue weighted by molar-refractivity contribution is -0.189. The summed E-state index contributed by atoms with van der Waals surface area (Å²) in [5, 5.41) is -1.68. The molecule has 0 unspecified atom stereocenters. The molecule has 276 valence electrons. The van der Waals surface area contributed by atoms with Gasteiger partial charge in [-0.3, -0.25) is 0 Å². The zero-order chi connectivity index (χ0) is 39.4. The van der Waals surface area contributed by atoms with Gasteiger partial charge in [0.25, 0.3) is 0 Å². The number of fused-ring (bicyclic) bond motifs is 1. The molecule has 0 fully saturated rings. The normalized spacial score (nSPS) is 11.8. The first-order chi connectivity index (χ1) is 25.2. The van der Waals surface area contributed by atoms with Gasteiger partial charge in [0.15, 0.2) is 17.5 Å². The van der Waals surface area contributed by atoms with Crippen LogP contribution in [0.15, 0.2) is 78.9 Å². The van der Waals surface area contributed by atoms with Gasteiger partial charge in [-0.05, 0) is 82.4 Å². The van der Waals surface area contributed by atoms with Gasteiger partial charge in [0, 0.05) is 28.8 Å². The van der Waals surface area contributed by atoms with E-state index < -0.39 is 86.0 Å². The molecule has 0 atom stereocenters. The molecule has 0 radical (unpaired) electrons. The highest BCUT2D eigenvalue weighted by atomic mass is 19.3. The highest BCUT2D eigenvalue weighted by Crippen LogP contribution is 2.40. The molecule has 0 aromatic heterocycles. The molecular formula is C42H25F11O. The van der Waals surface area contributed by atoms with Crippen molar-refractivity contribution in [3.05, 3.63) is 159 Å². The highest BCUT2D eigenvalue weighted by molar-refractivity contribution is 5.86. The number of ether oxygens (including phenoxy) is 1. The van der Waals surface area contributed by atoms with E-state index in [0.717, 1.165) is 18.2 Å². The van der Waals surface area contributed by atoms with Gasteiger partial charge in [-0.2, -0.15) is 8.78 Å². The van der Waals surface area contributed by atoms with Crippen LogP contribution < -0.4 is 4.74 Å². The summed E-state index contributed by atoms with van der Waals surface area (Å²) in [5.41, 5.74) is -1.68. The zero-order valence-corrected chi connectivity index (χ0v) is 28.6. The monoisotopic (exact) mass is 754 g/mol. The summed E-state index contributed by atoms with van der Waals surface area (Å²) >= 11 is 0. The summed E-state index contributed by atoms with van der Waals surface area (Å²) in [7, 11) is 0. The molecule has 0 bridgehead atoms. The first-order valence-electron chi connectivity index (χ1n) is 16.0. The summed E-state index contributed by atoms with van der Waals surface area (Å²) in [6.07, 6.45) is -4.96. The summed E-state index contributed by atoms with van der Waals surface area (Å²) < 4.78 is 166.